The van der Waals surface area contributed by atoms with Gasteiger partial charge < -0.3 is 14.6 Å². The lowest BCUT2D eigenvalue weighted by Gasteiger charge is -2.21. The number of nitrogens with one attached hydrogen (secondary N) is 1. The SMILES string of the molecule is C=COC[C@H]1O[C@@H](n2cc(C(C)(C)C)c(=O)[nH]c2=O)C[C@@H]1O. The zero-order chi connectivity index (χ0) is 16.5. The number of aliphatic hydroxyl groups is 1. The molecule has 0 spiro atoms. The Balaban J connectivity index is 2.32. The first-order valence-corrected chi connectivity index (χ1v) is 7.16. The van der Waals surface area contributed by atoms with Gasteiger partial charge in [-0.15, -0.1) is 0 Å². The quantitative estimate of drug-likeness (QED) is 0.796. The highest BCUT2D eigenvalue weighted by molar-refractivity contribution is 5.15. The molecule has 1 saturated heterocycles. The highest BCUT2D eigenvalue weighted by atomic mass is 16.6. The van der Waals surface area contributed by atoms with Gasteiger partial charge in [0, 0.05) is 18.2 Å². The lowest BCUT2D eigenvalue weighted by molar-refractivity contribution is -0.0485. The summed E-state index contributed by atoms with van der Waals surface area (Å²) in [5, 5.41) is 10.00. The molecular weight excluding hydrogens is 288 g/mol. The van der Waals surface area contributed by atoms with E-state index in [2.05, 4.69) is 11.6 Å². The molecule has 2 N–H and O–H groups in total. The van der Waals surface area contributed by atoms with Crippen LogP contribution in [-0.4, -0.2) is 33.5 Å². The average Bonchev–Trinajstić information content (AvgIpc) is 2.76. The van der Waals surface area contributed by atoms with E-state index in [1.807, 2.05) is 20.8 Å². The van der Waals surface area contributed by atoms with Gasteiger partial charge in [0.25, 0.3) is 5.56 Å². The first-order valence-electron chi connectivity index (χ1n) is 7.16. The van der Waals surface area contributed by atoms with Gasteiger partial charge in [0.05, 0.1) is 12.4 Å². The van der Waals surface area contributed by atoms with E-state index >= 15 is 0 Å². The van der Waals surface area contributed by atoms with Crippen molar-refractivity contribution in [3.05, 3.63) is 45.4 Å². The van der Waals surface area contributed by atoms with Crippen molar-refractivity contribution >= 4 is 0 Å². The third kappa shape index (κ3) is 3.31. The molecule has 0 unspecified atom stereocenters. The Bertz CT molecular complexity index is 655. The van der Waals surface area contributed by atoms with Crippen LogP contribution in [0, 0.1) is 0 Å². The molecule has 2 heterocycles. The monoisotopic (exact) mass is 310 g/mol. The van der Waals surface area contributed by atoms with Gasteiger partial charge in [-0.1, -0.05) is 27.4 Å². The summed E-state index contributed by atoms with van der Waals surface area (Å²) in [5.41, 5.74) is -0.888. The minimum absolute atomic E-state index is 0.158. The van der Waals surface area contributed by atoms with Gasteiger partial charge in [0.15, 0.2) is 0 Å². The van der Waals surface area contributed by atoms with Crippen molar-refractivity contribution in [2.75, 3.05) is 6.61 Å². The minimum Gasteiger partial charge on any atom is -0.499 e. The highest BCUT2D eigenvalue weighted by Crippen LogP contribution is 2.28. The van der Waals surface area contributed by atoms with Crippen LogP contribution in [0.15, 0.2) is 28.6 Å². The number of aromatic amines is 1. The summed E-state index contributed by atoms with van der Waals surface area (Å²) in [6.07, 6.45) is 1.10. The molecule has 0 radical (unpaired) electrons. The molecule has 7 heteroatoms. The zero-order valence-corrected chi connectivity index (χ0v) is 13.0. The smallest absolute Gasteiger partial charge is 0.330 e. The first kappa shape index (κ1) is 16.5. The van der Waals surface area contributed by atoms with Crippen molar-refractivity contribution < 1.29 is 14.6 Å². The predicted molar refractivity (Wildman–Crippen MR) is 80.7 cm³/mol. The van der Waals surface area contributed by atoms with Crippen molar-refractivity contribution in [1.82, 2.24) is 9.55 Å². The number of H-pyrrole nitrogens is 1. The Labute approximate surface area is 128 Å². The maximum atomic E-state index is 12.0. The van der Waals surface area contributed by atoms with Crippen LogP contribution in [0.25, 0.3) is 0 Å². The van der Waals surface area contributed by atoms with E-state index in [0.29, 0.717) is 5.56 Å². The second-order valence-electron chi connectivity index (χ2n) is 6.39. The van der Waals surface area contributed by atoms with E-state index in [4.69, 9.17) is 9.47 Å². The van der Waals surface area contributed by atoms with Gasteiger partial charge in [-0.2, -0.15) is 0 Å². The van der Waals surface area contributed by atoms with Crippen LogP contribution in [-0.2, 0) is 14.9 Å². The summed E-state index contributed by atoms with van der Waals surface area (Å²) < 4.78 is 12.0. The van der Waals surface area contributed by atoms with Gasteiger partial charge in [0.1, 0.15) is 18.9 Å². The molecule has 3 atom stereocenters. The van der Waals surface area contributed by atoms with Crippen LogP contribution >= 0.6 is 0 Å². The van der Waals surface area contributed by atoms with Crippen LogP contribution in [0.1, 0.15) is 39.0 Å². The molecule has 1 aliphatic heterocycles. The lowest BCUT2D eigenvalue weighted by atomic mass is 9.89. The van der Waals surface area contributed by atoms with Crippen LogP contribution in [0.5, 0.6) is 0 Å². The lowest BCUT2D eigenvalue weighted by Crippen LogP contribution is -2.37. The summed E-state index contributed by atoms with van der Waals surface area (Å²) in [4.78, 5) is 26.3. The molecule has 0 aliphatic carbocycles. The van der Waals surface area contributed by atoms with Crippen molar-refractivity contribution in [3.8, 4) is 0 Å². The first-order chi connectivity index (χ1) is 10.2. The molecule has 0 aromatic carbocycles. The second-order valence-corrected chi connectivity index (χ2v) is 6.39. The predicted octanol–water partition coefficient (Wildman–Crippen LogP) is 0.643. The van der Waals surface area contributed by atoms with Crippen molar-refractivity contribution in [1.29, 1.82) is 0 Å². The summed E-state index contributed by atoms with van der Waals surface area (Å²) >= 11 is 0. The molecule has 1 aliphatic rings. The average molecular weight is 310 g/mol. The van der Waals surface area contributed by atoms with Gasteiger partial charge >= 0.3 is 5.69 Å². The van der Waals surface area contributed by atoms with E-state index in [-0.39, 0.29) is 13.0 Å². The number of hydrogen-bond acceptors (Lipinski definition) is 5. The number of ether oxygens (including phenoxy) is 2. The maximum Gasteiger partial charge on any atom is 0.330 e. The van der Waals surface area contributed by atoms with Crippen molar-refractivity contribution in [2.45, 2.75) is 51.0 Å². The largest absolute Gasteiger partial charge is 0.499 e. The Kier molecular flexibility index (Phi) is 4.58. The Hall–Kier alpha value is -1.86. The molecular formula is C15H22N2O5. The standard InChI is InChI=1S/C15H22N2O5/c1-5-21-8-11-10(18)6-12(22-11)17-7-9(15(2,3)4)13(19)16-14(17)20/h5,7,10-12,18H,1,6,8H2,2-4H3,(H,16,19,20)/t10-,11+,12+/m0/s1. The maximum absolute atomic E-state index is 12.0. The molecule has 1 fully saturated rings. The Morgan fingerprint density at radius 3 is 2.82 bits per heavy atom. The third-order valence-electron chi connectivity index (χ3n) is 3.67. The number of nitrogens with zero attached hydrogens (tertiary/aromatic N) is 1. The van der Waals surface area contributed by atoms with Crippen molar-refractivity contribution in [2.24, 2.45) is 0 Å². The minimum atomic E-state index is -0.748. The number of rotatable bonds is 4. The van der Waals surface area contributed by atoms with Gasteiger partial charge in [-0.25, -0.2) is 4.79 Å². The van der Waals surface area contributed by atoms with Gasteiger partial charge in [0.2, 0.25) is 0 Å². The molecule has 7 nitrogen and oxygen atoms in total. The highest BCUT2D eigenvalue weighted by Gasteiger charge is 2.36. The van der Waals surface area contributed by atoms with E-state index in [0.717, 1.165) is 0 Å². The van der Waals surface area contributed by atoms with Crippen LogP contribution in [0.2, 0.25) is 0 Å². The molecule has 0 bridgehead atoms. The molecule has 1 aromatic rings. The van der Waals surface area contributed by atoms with Crippen molar-refractivity contribution in [3.63, 3.8) is 0 Å². The molecule has 0 amide bonds. The molecule has 0 saturated carbocycles. The van der Waals surface area contributed by atoms with E-state index in [1.165, 1.54) is 17.0 Å². The van der Waals surface area contributed by atoms with E-state index < -0.39 is 35.1 Å². The Morgan fingerprint density at radius 1 is 1.55 bits per heavy atom. The van der Waals surface area contributed by atoms with Gasteiger partial charge in [-0.05, 0) is 5.41 Å². The second kappa shape index (κ2) is 6.10. The molecule has 122 valence electrons. The van der Waals surface area contributed by atoms with Crippen LogP contribution in [0.4, 0.5) is 0 Å². The number of aliphatic hydroxyl groups excluding tert-OH is 1. The molecule has 2 rings (SSSR count). The molecule has 22 heavy (non-hydrogen) atoms. The van der Waals surface area contributed by atoms with E-state index in [1.54, 1.807) is 0 Å². The topological polar surface area (TPSA) is 93.5 Å². The normalized spacial score (nSPS) is 25.2. The number of hydrogen-bond donors (Lipinski definition) is 2. The zero-order valence-electron chi connectivity index (χ0n) is 13.0. The third-order valence-corrected chi connectivity index (χ3v) is 3.67. The Morgan fingerprint density at radius 2 is 2.23 bits per heavy atom. The summed E-state index contributed by atoms with van der Waals surface area (Å²) in [7, 11) is 0. The van der Waals surface area contributed by atoms with Crippen LogP contribution in [0.3, 0.4) is 0 Å². The van der Waals surface area contributed by atoms with Gasteiger partial charge in [-0.3, -0.25) is 14.3 Å². The van der Waals surface area contributed by atoms with E-state index in [9.17, 15) is 14.7 Å². The summed E-state index contributed by atoms with van der Waals surface area (Å²) in [6, 6.07) is 0. The summed E-state index contributed by atoms with van der Waals surface area (Å²) in [6.45, 7) is 9.25. The molecule has 1 aromatic heterocycles. The van der Waals surface area contributed by atoms with Crippen LogP contribution < -0.4 is 11.2 Å². The fourth-order valence-electron chi connectivity index (χ4n) is 2.43. The number of aromatic nitrogens is 2. The summed E-state index contributed by atoms with van der Waals surface area (Å²) in [5.74, 6) is 0. The fourth-order valence-corrected chi connectivity index (χ4v) is 2.43. The fraction of sp³-hybridized carbons (Fsp3) is 0.600.